The highest BCUT2D eigenvalue weighted by Gasteiger charge is 2.53. The number of carbonyl (C=O) groups is 1. The van der Waals surface area contributed by atoms with Gasteiger partial charge in [0.15, 0.2) is 0 Å². The first kappa shape index (κ1) is 17.8. The molecule has 1 saturated carbocycles. The van der Waals surface area contributed by atoms with Crippen molar-refractivity contribution in [2.45, 2.75) is 50.5 Å². The van der Waals surface area contributed by atoms with Gasteiger partial charge in [0.2, 0.25) is 11.9 Å². The van der Waals surface area contributed by atoms with Crippen LogP contribution in [-0.2, 0) is 16.6 Å². The lowest BCUT2D eigenvalue weighted by Crippen LogP contribution is -2.46. The van der Waals surface area contributed by atoms with E-state index < -0.39 is 0 Å². The van der Waals surface area contributed by atoms with Gasteiger partial charge in [-0.3, -0.25) is 14.6 Å². The second-order valence-electron chi connectivity index (χ2n) is 7.60. The lowest BCUT2D eigenvalue weighted by molar-refractivity contribution is -0.134. The molecular weight excluding hydrogens is 340 g/mol. The number of amides is 1. The molecule has 1 amide bonds. The van der Waals surface area contributed by atoms with Gasteiger partial charge >= 0.3 is 0 Å². The van der Waals surface area contributed by atoms with Gasteiger partial charge in [-0.25, -0.2) is 4.98 Å². The number of nitrogens with one attached hydrogen (secondary N) is 2. The zero-order valence-electron chi connectivity index (χ0n) is 15.7. The van der Waals surface area contributed by atoms with Crippen molar-refractivity contribution >= 4 is 11.9 Å². The average Bonchev–Trinajstić information content (AvgIpc) is 3.50. The Balaban J connectivity index is 1.37. The monoisotopic (exact) mass is 366 g/mol. The molecule has 0 radical (unpaired) electrons. The van der Waals surface area contributed by atoms with Gasteiger partial charge < -0.3 is 10.2 Å². The number of carbonyl (C=O) groups excluding carboxylic acids is 1. The standard InChI is InChI=1S/C21H26N4O2/c1-2-16-14-18(26)24-20(22-16)23-17-8-12-25(13-9-17)19(27)21(10-11-21)15-6-4-3-5-7-15/h3-7,14,17H,2,8-13H2,1H3,(H2,22,23,24,26). The maximum Gasteiger partial charge on any atom is 0.252 e. The molecule has 1 aliphatic heterocycles. The Bertz CT molecular complexity index is 865. The summed E-state index contributed by atoms with van der Waals surface area (Å²) in [6.07, 6.45) is 4.34. The number of likely N-dealkylation sites (tertiary alicyclic amines) is 1. The second kappa shape index (κ2) is 7.18. The van der Waals surface area contributed by atoms with Crippen molar-refractivity contribution in [3.05, 3.63) is 58.0 Å². The van der Waals surface area contributed by atoms with E-state index in [1.165, 1.54) is 6.07 Å². The Labute approximate surface area is 159 Å². The lowest BCUT2D eigenvalue weighted by Gasteiger charge is -2.35. The summed E-state index contributed by atoms with van der Waals surface area (Å²) in [7, 11) is 0. The molecule has 142 valence electrons. The Morgan fingerprint density at radius 1 is 1.26 bits per heavy atom. The van der Waals surface area contributed by atoms with Crippen LogP contribution >= 0.6 is 0 Å². The maximum atomic E-state index is 13.1. The minimum atomic E-state index is -0.288. The van der Waals surface area contributed by atoms with Crippen LogP contribution in [0.2, 0.25) is 0 Å². The number of benzene rings is 1. The van der Waals surface area contributed by atoms with Crippen LogP contribution in [0.5, 0.6) is 0 Å². The normalized spacial score (nSPS) is 18.9. The molecule has 1 saturated heterocycles. The highest BCUT2D eigenvalue weighted by Crippen LogP contribution is 2.49. The highest BCUT2D eigenvalue weighted by molar-refractivity contribution is 5.91. The molecule has 6 heteroatoms. The van der Waals surface area contributed by atoms with Crippen LogP contribution < -0.4 is 10.9 Å². The number of H-pyrrole nitrogens is 1. The number of aryl methyl sites for hydroxylation is 1. The van der Waals surface area contributed by atoms with Crippen LogP contribution in [0, 0.1) is 0 Å². The van der Waals surface area contributed by atoms with E-state index in [9.17, 15) is 9.59 Å². The Morgan fingerprint density at radius 3 is 2.59 bits per heavy atom. The van der Waals surface area contributed by atoms with Crippen LogP contribution in [-0.4, -0.2) is 39.9 Å². The topological polar surface area (TPSA) is 78.1 Å². The summed E-state index contributed by atoms with van der Waals surface area (Å²) in [4.78, 5) is 34.1. The van der Waals surface area contributed by atoms with Crippen molar-refractivity contribution in [2.75, 3.05) is 18.4 Å². The first-order valence-electron chi connectivity index (χ1n) is 9.82. The van der Waals surface area contributed by atoms with Gasteiger partial charge in [-0.2, -0.15) is 0 Å². The first-order chi connectivity index (χ1) is 13.1. The van der Waals surface area contributed by atoms with Crippen LogP contribution in [0.15, 0.2) is 41.2 Å². The fraction of sp³-hybridized carbons (Fsp3) is 0.476. The summed E-state index contributed by atoms with van der Waals surface area (Å²) >= 11 is 0. The van der Waals surface area contributed by atoms with Gasteiger partial charge in [0.25, 0.3) is 5.56 Å². The number of piperidine rings is 1. The van der Waals surface area contributed by atoms with E-state index in [1.807, 2.05) is 30.0 Å². The summed E-state index contributed by atoms with van der Waals surface area (Å²) < 4.78 is 0. The summed E-state index contributed by atoms with van der Waals surface area (Å²) in [5.74, 6) is 0.804. The van der Waals surface area contributed by atoms with E-state index in [-0.39, 0.29) is 22.9 Å². The predicted molar refractivity (Wildman–Crippen MR) is 105 cm³/mol. The Kier molecular flexibility index (Phi) is 4.72. The van der Waals surface area contributed by atoms with E-state index in [0.717, 1.165) is 56.5 Å². The number of aromatic nitrogens is 2. The number of aromatic amines is 1. The summed E-state index contributed by atoms with van der Waals surface area (Å²) in [6.45, 7) is 3.46. The van der Waals surface area contributed by atoms with Crippen LogP contribution in [0.3, 0.4) is 0 Å². The molecule has 1 aliphatic carbocycles. The lowest BCUT2D eigenvalue weighted by atomic mass is 9.93. The van der Waals surface area contributed by atoms with Gasteiger partial charge in [0.1, 0.15) is 0 Å². The van der Waals surface area contributed by atoms with Gasteiger partial charge in [-0.15, -0.1) is 0 Å². The second-order valence-corrected chi connectivity index (χ2v) is 7.60. The van der Waals surface area contributed by atoms with Gasteiger partial charge in [-0.05, 0) is 37.7 Å². The molecule has 0 bridgehead atoms. The largest absolute Gasteiger partial charge is 0.353 e. The third-order valence-electron chi connectivity index (χ3n) is 5.77. The zero-order valence-corrected chi connectivity index (χ0v) is 15.7. The number of hydrogen-bond acceptors (Lipinski definition) is 4. The average molecular weight is 366 g/mol. The molecule has 1 aromatic heterocycles. The number of rotatable bonds is 5. The zero-order chi connectivity index (χ0) is 18.9. The molecule has 0 unspecified atom stereocenters. The molecule has 1 aromatic carbocycles. The molecular formula is C21H26N4O2. The van der Waals surface area contributed by atoms with E-state index in [4.69, 9.17) is 0 Å². The first-order valence-corrected chi connectivity index (χ1v) is 9.82. The van der Waals surface area contributed by atoms with Gasteiger partial charge in [0.05, 0.1) is 5.41 Å². The van der Waals surface area contributed by atoms with E-state index >= 15 is 0 Å². The summed E-state index contributed by atoms with van der Waals surface area (Å²) in [6, 6.07) is 11.9. The van der Waals surface area contributed by atoms with Crippen molar-refractivity contribution in [3.63, 3.8) is 0 Å². The Morgan fingerprint density at radius 2 is 1.96 bits per heavy atom. The van der Waals surface area contributed by atoms with E-state index in [0.29, 0.717) is 5.95 Å². The van der Waals surface area contributed by atoms with E-state index in [2.05, 4.69) is 27.4 Å². The van der Waals surface area contributed by atoms with Crippen molar-refractivity contribution in [1.29, 1.82) is 0 Å². The summed E-state index contributed by atoms with van der Waals surface area (Å²) in [5, 5.41) is 3.34. The summed E-state index contributed by atoms with van der Waals surface area (Å²) in [5.41, 5.74) is 1.51. The van der Waals surface area contributed by atoms with Crippen LogP contribution in [0.25, 0.3) is 0 Å². The fourth-order valence-electron chi connectivity index (χ4n) is 3.99. The van der Waals surface area contributed by atoms with Crippen LogP contribution in [0.1, 0.15) is 43.9 Å². The third kappa shape index (κ3) is 3.61. The fourth-order valence-corrected chi connectivity index (χ4v) is 3.99. The van der Waals surface area contributed by atoms with Crippen molar-refractivity contribution in [1.82, 2.24) is 14.9 Å². The SMILES string of the molecule is CCc1cc(=O)[nH]c(NC2CCN(C(=O)C3(c4ccccc4)CC3)CC2)n1. The van der Waals surface area contributed by atoms with Crippen molar-refractivity contribution in [2.24, 2.45) is 0 Å². The highest BCUT2D eigenvalue weighted by atomic mass is 16.2. The predicted octanol–water partition coefficient (Wildman–Crippen LogP) is 2.47. The molecule has 4 rings (SSSR count). The number of hydrogen-bond donors (Lipinski definition) is 2. The van der Waals surface area contributed by atoms with E-state index in [1.54, 1.807) is 0 Å². The Hall–Kier alpha value is -2.63. The molecule has 0 atom stereocenters. The van der Waals surface area contributed by atoms with Gasteiger partial charge in [0, 0.05) is 30.9 Å². The van der Waals surface area contributed by atoms with Gasteiger partial charge in [-0.1, -0.05) is 37.3 Å². The molecule has 2 aromatic rings. The molecule has 0 spiro atoms. The van der Waals surface area contributed by atoms with Crippen molar-refractivity contribution < 1.29 is 4.79 Å². The molecule has 2 aliphatic rings. The number of anilines is 1. The minimum absolute atomic E-state index is 0.129. The quantitative estimate of drug-likeness (QED) is 0.852. The molecule has 2 fully saturated rings. The number of nitrogens with zero attached hydrogens (tertiary/aromatic N) is 2. The molecule has 27 heavy (non-hydrogen) atoms. The smallest absolute Gasteiger partial charge is 0.252 e. The molecule has 2 N–H and O–H groups in total. The third-order valence-corrected chi connectivity index (χ3v) is 5.77. The molecule has 6 nitrogen and oxygen atoms in total. The van der Waals surface area contributed by atoms with Crippen molar-refractivity contribution in [3.8, 4) is 0 Å². The maximum absolute atomic E-state index is 13.1. The minimum Gasteiger partial charge on any atom is -0.353 e. The van der Waals surface area contributed by atoms with Crippen LogP contribution in [0.4, 0.5) is 5.95 Å². The molecule has 2 heterocycles.